The Morgan fingerprint density at radius 2 is 2.09 bits per heavy atom. The third-order valence-corrected chi connectivity index (χ3v) is 3.39. The first kappa shape index (κ1) is 18.4. The Morgan fingerprint density at radius 3 is 2.68 bits per heavy atom. The van der Waals surface area contributed by atoms with Crippen LogP contribution in [0.3, 0.4) is 0 Å². The number of hydrogen-bond donors (Lipinski definition) is 1. The second-order valence-corrected chi connectivity index (χ2v) is 7.38. The fraction of sp³-hybridized carbons (Fsp3) is 0.471. The maximum absolute atomic E-state index is 12.0. The Labute approximate surface area is 137 Å². The summed E-state index contributed by atoms with van der Waals surface area (Å²) in [6.45, 7) is 12.1. The number of carbonyl (C=O) groups is 1. The average molecular weight is 322 g/mol. The molecule has 0 bridgehead atoms. The van der Waals surface area contributed by atoms with E-state index < -0.39 is 5.60 Å². The number of benzene rings is 1. The van der Waals surface area contributed by atoms with E-state index >= 15 is 0 Å². The normalized spacial score (nSPS) is 11.0. The maximum Gasteiger partial charge on any atom is 0.410 e. The van der Waals surface area contributed by atoms with Crippen molar-refractivity contribution < 1.29 is 9.53 Å². The molecular formula is C17H26N2O2S. The van der Waals surface area contributed by atoms with Crippen LogP contribution in [-0.4, -0.2) is 29.4 Å². The van der Waals surface area contributed by atoms with Crippen molar-refractivity contribution in [1.82, 2.24) is 4.90 Å². The Bertz CT molecular complexity index is 524. The summed E-state index contributed by atoms with van der Waals surface area (Å²) in [5.41, 5.74) is 1.53. The van der Waals surface area contributed by atoms with E-state index in [4.69, 9.17) is 4.74 Å². The molecule has 1 rings (SSSR count). The van der Waals surface area contributed by atoms with Gasteiger partial charge in [0.2, 0.25) is 0 Å². The first-order valence-electron chi connectivity index (χ1n) is 7.33. The summed E-state index contributed by atoms with van der Waals surface area (Å²) < 4.78 is 5.35. The van der Waals surface area contributed by atoms with Gasteiger partial charge in [-0.15, -0.1) is 11.8 Å². The van der Waals surface area contributed by atoms with Crippen molar-refractivity contribution in [1.29, 1.82) is 0 Å². The van der Waals surface area contributed by atoms with E-state index in [0.717, 1.165) is 22.0 Å². The number of anilines is 1. The molecule has 0 heterocycles. The molecule has 0 fully saturated rings. The van der Waals surface area contributed by atoms with Gasteiger partial charge < -0.3 is 15.0 Å². The van der Waals surface area contributed by atoms with Crippen LogP contribution in [0.25, 0.3) is 0 Å². The molecule has 122 valence electrons. The molecule has 0 aliphatic carbocycles. The van der Waals surface area contributed by atoms with Crippen molar-refractivity contribution in [2.45, 2.75) is 39.8 Å². The molecule has 1 aromatic rings. The Morgan fingerprint density at radius 1 is 1.41 bits per heavy atom. The van der Waals surface area contributed by atoms with Crippen LogP contribution in [-0.2, 0) is 11.3 Å². The van der Waals surface area contributed by atoms with Gasteiger partial charge in [0.1, 0.15) is 5.60 Å². The molecule has 0 saturated heterocycles. The van der Waals surface area contributed by atoms with E-state index in [1.54, 1.807) is 23.7 Å². The molecular weight excluding hydrogens is 296 g/mol. The second-order valence-electron chi connectivity index (χ2n) is 6.02. The van der Waals surface area contributed by atoms with E-state index in [1.165, 1.54) is 0 Å². The molecule has 0 spiro atoms. The molecule has 1 aromatic carbocycles. The number of nitrogens with zero attached hydrogens (tertiary/aromatic N) is 1. The zero-order chi connectivity index (χ0) is 16.8. The number of rotatable bonds is 6. The summed E-state index contributed by atoms with van der Waals surface area (Å²) in [7, 11) is 1.74. The SMILES string of the molecule is C=C(Nc1cccc(CN(C)C(=O)OC(C)(C)C)c1)SCC. The predicted octanol–water partition coefficient (Wildman–Crippen LogP) is 4.69. The van der Waals surface area contributed by atoms with Gasteiger partial charge in [0.15, 0.2) is 0 Å². The number of amides is 1. The lowest BCUT2D eigenvalue weighted by Gasteiger charge is -2.24. The highest BCUT2D eigenvalue weighted by Crippen LogP contribution is 2.19. The van der Waals surface area contributed by atoms with Crippen LogP contribution < -0.4 is 5.32 Å². The van der Waals surface area contributed by atoms with E-state index in [1.807, 2.05) is 45.0 Å². The third-order valence-electron chi connectivity index (χ3n) is 2.65. The predicted molar refractivity (Wildman–Crippen MR) is 95.0 cm³/mol. The van der Waals surface area contributed by atoms with Gasteiger partial charge >= 0.3 is 6.09 Å². The molecule has 0 saturated carbocycles. The summed E-state index contributed by atoms with van der Waals surface area (Å²) in [4.78, 5) is 13.6. The van der Waals surface area contributed by atoms with Crippen LogP contribution in [0.5, 0.6) is 0 Å². The zero-order valence-electron chi connectivity index (χ0n) is 14.1. The number of hydrogen-bond acceptors (Lipinski definition) is 4. The highest BCUT2D eigenvalue weighted by molar-refractivity contribution is 8.03. The molecule has 0 aliphatic rings. The highest BCUT2D eigenvalue weighted by atomic mass is 32.2. The average Bonchev–Trinajstić information content (AvgIpc) is 2.37. The smallest absolute Gasteiger partial charge is 0.410 e. The zero-order valence-corrected chi connectivity index (χ0v) is 14.9. The standard InChI is InChI=1S/C17H26N2O2S/c1-7-22-13(2)18-15-10-8-9-14(11-15)12-19(6)16(20)21-17(3,4)5/h8-11,18H,2,7,12H2,1,3-6H3. The maximum atomic E-state index is 12.0. The van der Waals surface area contributed by atoms with E-state index in [0.29, 0.717) is 6.54 Å². The molecule has 0 unspecified atom stereocenters. The van der Waals surface area contributed by atoms with Crippen LogP contribution in [0.4, 0.5) is 10.5 Å². The summed E-state index contributed by atoms with van der Waals surface area (Å²) >= 11 is 1.67. The highest BCUT2D eigenvalue weighted by Gasteiger charge is 2.19. The largest absolute Gasteiger partial charge is 0.444 e. The number of ether oxygens (including phenoxy) is 1. The summed E-state index contributed by atoms with van der Waals surface area (Å²) in [6.07, 6.45) is -0.322. The van der Waals surface area contributed by atoms with Gasteiger partial charge in [0.25, 0.3) is 0 Å². The topological polar surface area (TPSA) is 41.6 Å². The van der Waals surface area contributed by atoms with Gasteiger partial charge in [-0.05, 0) is 44.2 Å². The lowest BCUT2D eigenvalue weighted by molar-refractivity contribution is 0.0285. The molecule has 0 radical (unpaired) electrons. The molecule has 1 amide bonds. The fourth-order valence-corrected chi connectivity index (χ4v) is 2.34. The van der Waals surface area contributed by atoms with E-state index in [2.05, 4.69) is 18.8 Å². The van der Waals surface area contributed by atoms with Gasteiger partial charge in [-0.25, -0.2) is 4.79 Å². The minimum Gasteiger partial charge on any atom is -0.444 e. The van der Waals surface area contributed by atoms with Crippen LogP contribution in [0.15, 0.2) is 35.9 Å². The first-order valence-corrected chi connectivity index (χ1v) is 8.31. The van der Waals surface area contributed by atoms with Crippen molar-refractivity contribution in [3.63, 3.8) is 0 Å². The van der Waals surface area contributed by atoms with Crippen molar-refractivity contribution in [2.75, 3.05) is 18.1 Å². The lowest BCUT2D eigenvalue weighted by Crippen LogP contribution is -2.33. The minimum absolute atomic E-state index is 0.322. The second kappa shape index (κ2) is 8.13. The Balaban J connectivity index is 2.66. The van der Waals surface area contributed by atoms with Crippen LogP contribution >= 0.6 is 11.8 Å². The summed E-state index contributed by atoms with van der Waals surface area (Å²) in [5, 5.41) is 4.17. The van der Waals surface area contributed by atoms with E-state index in [-0.39, 0.29) is 6.09 Å². The molecule has 0 aliphatic heterocycles. The monoisotopic (exact) mass is 322 g/mol. The molecule has 22 heavy (non-hydrogen) atoms. The van der Waals surface area contributed by atoms with Crippen LogP contribution in [0.2, 0.25) is 0 Å². The molecule has 0 atom stereocenters. The quantitative estimate of drug-likeness (QED) is 0.825. The number of carbonyl (C=O) groups excluding carboxylic acids is 1. The van der Waals surface area contributed by atoms with Crippen molar-refractivity contribution in [2.24, 2.45) is 0 Å². The van der Waals surface area contributed by atoms with Crippen molar-refractivity contribution >= 4 is 23.5 Å². The number of thioether (sulfide) groups is 1. The molecule has 0 aromatic heterocycles. The van der Waals surface area contributed by atoms with Crippen molar-refractivity contribution in [3.05, 3.63) is 41.4 Å². The van der Waals surface area contributed by atoms with Crippen molar-refractivity contribution in [3.8, 4) is 0 Å². The lowest BCUT2D eigenvalue weighted by atomic mass is 10.2. The third kappa shape index (κ3) is 6.89. The number of nitrogens with one attached hydrogen (secondary N) is 1. The Hall–Kier alpha value is -1.62. The summed E-state index contributed by atoms with van der Waals surface area (Å²) in [6, 6.07) is 7.95. The van der Waals surface area contributed by atoms with Gasteiger partial charge in [-0.1, -0.05) is 25.6 Å². The Kier molecular flexibility index (Phi) is 6.81. The van der Waals surface area contributed by atoms with Crippen LogP contribution in [0, 0.1) is 0 Å². The minimum atomic E-state index is -0.482. The molecule has 1 N–H and O–H groups in total. The van der Waals surface area contributed by atoms with Crippen LogP contribution in [0.1, 0.15) is 33.3 Å². The van der Waals surface area contributed by atoms with Gasteiger partial charge in [-0.2, -0.15) is 0 Å². The fourth-order valence-electron chi connectivity index (χ4n) is 1.80. The van der Waals surface area contributed by atoms with Gasteiger partial charge in [0.05, 0.1) is 5.03 Å². The van der Waals surface area contributed by atoms with E-state index in [9.17, 15) is 4.79 Å². The summed E-state index contributed by atoms with van der Waals surface area (Å²) in [5.74, 6) is 0.979. The molecule has 4 nitrogen and oxygen atoms in total. The molecule has 5 heteroatoms. The van der Waals surface area contributed by atoms with Gasteiger partial charge in [0, 0.05) is 19.3 Å². The van der Waals surface area contributed by atoms with Gasteiger partial charge in [-0.3, -0.25) is 0 Å². The first-order chi connectivity index (χ1) is 10.2.